The third kappa shape index (κ3) is 17.8. The molecule has 0 aliphatic carbocycles. The SMILES string of the molecule is COc1ccc(-c2c(OC)c3c(OC)c4c(cc3oc2=O)OC(C)(C)C=C4)cc1.N=C(N)c1ccc(OCCCCCOc2ccc(C(=N)N)cc2)cc1.O=S(=O)(O)CCO.O=S(=O)(O)CCO. The van der Waals surface area contributed by atoms with Gasteiger partial charge in [-0.25, -0.2) is 4.79 Å². The molecule has 0 amide bonds. The number of nitrogens with one attached hydrogen (secondary N) is 2. The van der Waals surface area contributed by atoms with Crippen molar-refractivity contribution in [3.8, 4) is 45.6 Å². The van der Waals surface area contributed by atoms with E-state index in [2.05, 4.69) is 0 Å². The summed E-state index contributed by atoms with van der Waals surface area (Å²) in [5.41, 5.74) is 13.3. The third-order valence-corrected chi connectivity index (χ3v) is 10.7. The van der Waals surface area contributed by atoms with Gasteiger partial charge in [0.15, 0.2) is 0 Å². The zero-order valence-corrected chi connectivity index (χ0v) is 39.8. The van der Waals surface area contributed by atoms with Gasteiger partial charge in [0.2, 0.25) is 0 Å². The standard InChI is InChI=1S/C23H22O6.C19H24N4O2.2C2H6O4S/c1-23(2)11-10-15-16(29-23)12-17-19(20(15)26-4)21(27-5)18(22(24)28-17)13-6-8-14(25-3)9-7-13;20-18(21)14-4-8-16(9-5-14)24-12-2-1-3-13-25-17-10-6-15(7-11-17)19(22)23;2*3-1-2-7(4,5)6/h6-12H,1-5H3;4-11H,1-3,12-13H2,(H3,20,21)(H3,22,23);2*3H,1-2H2,(H,4,5,6). The maximum absolute atomic E-state index is 12.9. The van der Waals surface area contributed by atoms with E-state index in [4.69, 9.17) is 74.4 Å². The molecule has 1 aliphatic heterocycles. The van der Waals surface area contributed by atoms with Crippen LogP contribution in [0, 0.1) is 10.8 Å². The van der Waals surface area contributed by atoms with Gasteiger partial charge in [-0.2, -0.15) is 16.8 Å². The summed E-state index contributed by atoms with van der Waals surface area (Å²) < 4.78 is 93.8. The van der Waals surface area contributed by atoms with E-state index in [1.807, 2.05) is 50.3 Å². The minimum atomic E-state index is -3.92. The van der Waals surface area contributed by atoms with Crippen molar-refractivity contribution in [2.24, 2.45) is 11.5 Å². The lowest BCUT2D eigenvalue weighted by Crippen LogP contribution is -2.27. The first kappa shape index (κ1) is 55.6. The predicted octanol–water partition coefficient (Wildman–Crippen LogP) is 5.29. The van der Waals surface area contributed by atoms with Crippen LogP contribution in [0.4, 0.5) is 0 Å². The zero-order chi connectivity index (χ0) is 50.7. The van der Waals surface area contributed by atoms with Crippen LogP contribution in [0.1, 0.15) is 49.8 Å². The molecule has 5 aromatic rings. The Kier molecular flexibility index (Phi) is 21.3. The number of rotatable bonds is 18. The molecule has 0 fully saturated rings. The van der Waals surface area contributed by atoms with Crippen LogP contribution in [0.2, 0.25) is 0 Å². The summed E-state index contributed by atoms with van der Waals surface area (Å²) in [5.74, 6) is 2.72. The van der Waals surface area contributed by atoms with E-state index in [-0.39, 0.29) is 11.7 Å². The monoisotopic (exact) mass is 986 g/mol. The Morgan fingerprint density at radius 3 is 1.51 bits per heavy atom. The number of ether oxygens (including phenoxy) is 6. The van der Waals surface area contributed by atoms with Crippen molar-refractivity contribution in [1.82, 2.24) is 0 Å². The molecule has 0 spiro atoms. The van der Waals surface area contributed by atoms with E-state index < -0.39 is 56.2 Å². The summed E-state index contributed by atoms with van der Waals surface area (Å²) in [7, 11) is -3.17. The Hall–Kier alpha value is -6.69. The first-order chi connectivity index (χ1) is 32.1. The fraction of sp³-hybridized carbons (Fsp3) is 0.326. The summed E-state index contributed by atoms with van der Waals surface area (Å²) >= 11 is 0. The molecule has 370 valence electrons. The summed E-state index contributed by atoms with van der Waals surface area (Å²) in [6.45, 7) is 4.14. The van der Waals surface area contributed by atoms with E-state index in [1.165, 1.54) is 7.11 Å². The second-order valence-electron chi connectivity index (χ2n) is 14.9. The molecule has 1 aromatic heterocycles. The number of nitrogen functional groups attached to an aromatic ring is 2. The van der Waals surface area contributed by atoms with Crippen molar-refractivity contribution in [3.63, 3.8) is 0 Å². The number of methoxy groups -OCH3 is 3. The summed E-state index contributed by atoms with van der Waals surface area (Å²) in [5, 5.41) is 31.0. The fourth-order valence-electron chi connectivity index (χ4n) is 6.01. The highest BCUT2D eigenvalue weighted by molar-refractivity contribution is 7.86. The molecule has 0 unspecified atom stereocenters. The highest BCUT2D eigenvalue weighted by atomic mass is 32.2. The van der Waals surface area contributed by atoms with Crippen LogP contribution in [-0.4, -0.2) is 113 Å². The molecular weight excluding hydrogens is 929 g/mol. The first-order valence-electron chi connectivity index (χ1n) is 20.6. The third-order valence-electron chi connectivity index (χ3n) is 9.27. The second-order valence-corrected chi connectivity index (χ2v) is 18.1. The molecule has 4 aromatic carbocycles. The van der Waals surface area contributed by atoms with Gasteiger partial charge < -0.3 is 54.5 Å². The molecule has 0 saturated heterocycles. The Morgan fingerprint density at radius 1 is 0.676 bits per heavy atom. The Balaban J connectivity index is 0.000000284. The van der Waals surface area contributed by atoms with Crippen LogP contribution in [0.5, 0.6) is 34.5 Å². The fourth-order valence-corrected chi connectivity index (χ4v) is 6.47. The number of hydrogen-bond acceptors (Lipinski definition) is 16. The first-order valence-corrected chi connectivity index (χ1v) is 23.8. The van der Waals surface area contributed by atoms with Gasteiger partial charge in [-0.3, -0.25) is 19.9 Å². The Bertz CT molecular complexity index is 2670. The van der Waals surface area contributed by atoms with Crippen LogP contribution in [0.25, 0.3) is 28.2 Å². The van der Waals surface area contributed by atoms with E-state index in [0.29, 0.717) is 69.4 Å². The number of aliphatic hydroxyl groups excluding tert-OH is 2. The van der Waals surface area contributed by atoms with Gasteiger partial charge in [-0.05, 0) is 111 Å². The number of benzene rings is 4. The maximum Gasteiger partial charge on any atom is 0.347 e. The minimum absolute atomic E-state index is 0.0579. The van der Waals surface area contributed by atoms with Crippen molar-refractivity contribution in [1.29, 1.82) is 10.8 Å². The van der Waals surface area contributed by atoms with Crippen molar-refractivity contribution in [2.75, 3.05) is 59.3 Å². The van der Waals surface area contributed by atoms with Crippen molar-refractivity contribution in [2.45, 2.75) is 38.7 Å². The van der Waals surface area contributed by atoms with Gasteiger partial charge in [0.05, 0.1) is 64.8 Å². The van der Waals surface area contributed by atoms with E-state index >= 15 is 0 Å². The van der Waals surface area contributed by atoms with Crippen LogP contribution in [-0.2, 0) is 20.2 Å². The van der Waals surface area contributed by atoms with Crippen molar-refractivity contribution >= 4 is 49.0 Å². The molecule has 0 radical (unpaired) electrons. The number of aliphatic hydroxyl groups is 2. The van der Waals surface area contributed by atoms with E-state index in [0.717, 1.165) is 36.3 Å². The lowest BCUT2D eigenvalue weighted by Gasteiger charge is -2.29. The topological polar surface area (TPSA) is 335 Å². The average Bonchev–Trinajstić information content (AvgIpc) is 3.27. The predicted molar refractivity (Wildman–Crippen MR) is 258 cm³/mol. The largest absolute Gasteiger partial charge is 0.497 e. The lowest BCUT2D eigenvalue weighted by molar-refractivity contribution is 0.158. The van der Waals surface area contributed by atoms with Gasteiger partial charge >= 0.3 is 5.63 Å². The molecule has 10 N–H and O–H groups in total. The number of unbranched alkanes of at least 4 members (excludes halogenated alkanes) is 2. The Morgan fingerprint density at radius 2 is 1.13 bits per heavy atom. The van der Waals surface area contributed by atoms with Gasteiger partial charge in [-0.1, -0.05) is 12.1 Å². The highest BCUT2D eigenvalue weighted by Crippen LogP contribution is 2.47. The van der Waals surface area contributed by atoms with Crippen molar-refractivity contribution < 1.29 is 69.0 Å². The molecule has 0 bridgehead atoms. The lowest BCUT2D eigenvalue weighted by atomic mass is 9.98. The number of hydrogen-bond donors (Lipinski definition) is 8. The van der Waals surface area contributed by atoms with Gasteiger partial charge in [0.1, 0.15) is 68.3 Å². The smallest absolute Gasteiger partial charge is 0.347 e. The second kappa shape index (κ2) is 26.0. The van der Waals surface area contributed by atoms with E-state index in [9.17, 15) is 21.6 Å². The average molecular weight is 987 g/mol. The number of fused-ring (bicyclic) bond motifs is 2. The molecule has 68 heavy (non-hydrogen) atoms. The van der Waals surface area contributed by atoms with E-state index in [1.54, 1.807) is 68.8 Å². The van der Waals surface area contributed by atoms with Gasteiger partial charge in [0.25, 0.3) is 20.2 Å². The highest BCUT2D eigenvalue weighted by Gasteiger charge is 2.29. The van der Waals surface area contributed by atoms with Crippen LogP contribution in [0.3, 0.4) is 0 Å². The van der Waals surface area contributed by atoms with Gasteiger partial charge in [0, 0.05) is 17.2 Å². The summed E-state index contributed by atoms with van der Waals surface area (Å²) in [6.07, 6.45) is 6.81. The molecule has 22 heteroatoms. The molecule has 20 nitrogen and oxygen atoms in total. The molecular formula is C46H58N4O16S2. The molecule has 0 saturated carbocycles. The zero-order valence-electron chi connectivity index (χ0n) is 38.2. The van der Waals surface area contributed by atoms with Gasteiger partial charge in [-0.15, -0.1) is 0 Å². The maximum atomic E-state index is 12.9. The molecule has 2 heterocycles. The quantitative estimate of drug-likeness (QED) is 0.0182. The minimum Gasteiger partial charge on any atom is -0.497 e. The molecule has 0 atom stereocenters. The van der Waals surface area contributed by atoms with Crippen LogP contribution in [0.15, 0.2) is 94.2 Å². The van der Waals surface area contributed by atoms with Crippen molar-refractivity contribution in [3.05, 3.63) is 112 Å². The van der Waals surface area contributed by atoms with Crippen LogP contribution < -0.4 is 45.5 Å². The summed E-state index contributed by atoms with van der Waals surface area (Å²) in [6, 6.07) is 23.3. The number of amidine groups is 2. The Labute approximate surface area is 394 Å². The molecule has 6 rings (SSSR count). The normalized spacial score (nSPS) is 12.2. The summed E-state index contributed by atoms with van der Waals surface area (Å²) in [4.78, 5) is 12.9. The number of nitrogens with two attached hydrogens (primary N) is 2. The molecule has 1 aliphatic rings. The van der Waals surface area contributed by atoms with Crippen LogP contribution >= 0.6 is 0 Å².